The van der Waals surface area contributed by atoms with Crippen LogP contribution >= 0.6 is 0 Å². The van der Waals surface area contributed by atoms with Gasteiger partial charge in [-0.25, -0.2) is 4.98 Å². The smallest absolute Gasteiger partial charge is 0.309 e. The van der Waals surface area contributed by atoms with Crippen LogP contribution in [0.4, 0.5) is 0 Å². The normalized spacial score (nSPS) is 11.3. The number of nitrogens with zero attached hydrogens (tertiary/aromatic N) is 3. The maximum Gasteiger partial charge on any atom is 0.309 e. The van der Waals surface area contributed by atoms with Crippen molar-refractivity contribution in [1.82, 2.24) is 9.97 Å². The molecule has 0 aromatic carbocycles. The van der Waals surface area contributed by atoms with E-state index in [4.69, 9.17) is 9.47 Å². The summed E-state index contributed by atoms with van der Waals surface area (Å²) in [5.74, 6) is -2.01. The quantitative estimate of drug-likeness (QED) is 0.160. The number of aromatic amines is 1. The molecule has 1 heterocycles. The van der Waals surface area contributed by atoms with Crippen molar-refractivity contribution in [3.05, 3.63) is 38.4 Å². The summed E-state index contributed by atoms with van der Waals surface area (Å²) >= 11 is 0. The summed E-state index contributed by atoms with van der Waals surface area (Å²) in [5, 5.41) is 18.3. The highest BCUT2D eigenvalue weighted by Crippen LogP contribution is 2.14. The lowest BCUT2D eigenvalue weighted by molar-refractivity contribution is -0.757. The standard InChI is InChI=1S/C16H24N4O10/c21-15(27-5-1-3-7-29-19(23)24)10-13(9-14-11-17-12-18-14)16(22)28-6-2-4-8-30-20(25)26/h11-13H,1-10H2,(H,17,18). The predicted molar refractivity (Wildman–Crippen MR) is 96.7 cm³/mol. The van der Waals surface area contributed by atoms with Crippen molar-refractivity contribution >= 4 is 11.9 Å². The Balaban J connectivity index is 2.37. The molecule has 0 amide bonds. The van der Waals surface area contributed by atoms with E-state index in [0.717, 1.165) is 0 Å². The Labute approximate surface area is 171 Å². The van der Waals surface area contributed by atoms with Gasteiger partial charge in [-0.2, -0.15) is 0 Å². The van der Waals surface area contributed by atoms with E-state index in [1.807, 2.05) is 0 Å². The van der Waals surface area contributed by atoms with E-state index in [1.165, 1.54) is 12.5 Å². The molecular formula is C16H24N4O10. The fraction of sp³-hybridized carbons (Fsp3) is 0.688. The van der Waals surface area contributed by atoms with Gasteiger partial charge in [-0.05, 0) is 25.7 Å². The number of imidazole rings is 1. The molecule has 1 atom stereocenters. The van der Waals surface area contributed by atoms with Crippen LogP contribution in [0.3, 0.4) is 0 Å². The summed E-state index contributed by atoms with van der Waals surface area (Å²) in [7, 11) is 0. The van der Waals surface area contributed by atoms with Crippen molar-refractivity contribution in [3.8, 4) is 0 Å². The molecule has 168 valence electrons. The highest BCUT2D eigenvalue weighted by Gasteiger charge is 2.25. The lowest BCUT2D eigenvalue weighted by Crippen LogP contribution is -2.25. The monoisotopic (exact) mass is 432 g/mol. The first-order valence-electron chi connectivity index (χ1n) is 9.22. The molecule has 0 saturated carbocycles. The lowest BCUT2D eigenvalue weighted by atomic mass is 10.00. The van der Waals surface area contributed by atoms with Gasteiger partial charge < -0.3 is 24.1 Å². The van der Waals surface area contributed by atoms with Crippen molar-refractivity contribution in [1.29, 1.82) is 0 Å². The zero-order valence-electron chi connectivity index (χ0n) is 16.2. The maximum absolute atomic E-state index is 12.3. The number of carbonyl (C=O) groups excluding carboxylic acids is 2. The fourth-order valence-electron chi connectivity index (χ4n) is 2.32. The van der Waals surface area contributed by atoms with Crippen molar-refractivity contribution in [2.24, 2.45) is 5.92 Å². The molecule has 0 radical (unpaired) electrons. The van der Waals surface area contributed by atoms with E-state index in [2.05, 4.69) is 19.6 Å². The second kappa shape index (κ2) is 14.5. The molecular weight excluding hydrogens is 408 g/mol. The number of esters is 2. The number of nitrogens with one attached hydrogen (secondary N) is 1. The minimum absolute atomic E-state index is 0.0326. The van der Waals surface area contributed by atoms with Gasteiger partial charge in [-0.3, -0.25) is 9.59 Å². The predicted octanol–water partition coefficient (Wildman–Crippen LogP) is 1.02. The molecule has 30 heavy (non-hydrogen) atoms. The molecule has 1 rings (SSSR count). The number of hydrogen-bond acceptors (Lipinski definition) is 11. The minimum Gasteiger partial charge on any atom is -0.466 e. The van der Waals surface area contributed by atoms with Gasteiger partial charge in [0.15, 0.2) is 0 Å². The summed E-state index contributed by atoms with van der Waals surface area (Å²) < 4.78 is 10.2. The molecule has 0 aliphatic heterocycles. The second-order valence-electron chi connectivity index (χ2n) is 6.10. The van der Waals surface area contributed by atoms with Crippen molar-refractivity contribution in [3.63, 3.8) is 0 Å². The van der Waals surface area contributed by atoms with Gasteiger partial charge in [0.05, 0.1) is 45.1 Å². The average Bonchev–Trinajstić information content (AvgIpc) is 3.19. The number of ether oxygens (including phenoxy) is 2. The molecule has 0 saturated heterocycles. The third kappa shape index (κ3) is 12.1. The van der Waals surface area contributed by atoms with Crippen LogP contribution in [0.1, 0.15) is 37.8 Å². The number of rotatable bonds is 17. The van der Waals surface area contributed by atoms with Crippen LogP contribution in [0.25, 0.3) is 0 Å². The van der Waals surface area contributed by atoms with Crippen LogP contribution in [0, 0.1) is 26.1 Å². The molecule has 0 aliphatic rings. The molecule has 1 unspecified atom stereocenters. The Kier molecular flexibility index (Phi) is 11.9. The van der Waals surface area contributed by atoms with Crippen LogP contribution in [0.2, 0.25) is 0 Å². The fourth-order valence-corrected chi connectivity index (χ4v) is 2.32. The summed E-state index contributed by atoms with van der Waals surface area (Å²) in [4.78, 5) is 59.5. The van der Waals surface area contributed by atoms with Gasteiger partial charge >= 0.3 is 11.9 Å². The molecule has 0 bridgehead atoms. The van der Waals surface area contributed by atoms with Crippen molar-refractivity contribution in [2.75, 3.05) is 26.4 Å². The molecule has 0 aliphatic carbocycles. The summed E-state index contributed by atoms with van der Waals surface area (Å²) in [6.45, 7) is -0.111. The first-order chi connectivity index (χ1) is 14.4. The van der Waals surface area contributed by atoms with Gasteiger partial charge in [0.2, 0.25) is 0 Å². The first-order valence-corrected chi connectivity index (χ1v) is 9.22. The Bertz CT molecular complexity index is 667. The molecule has 14 heteroatoms. The van der Waals surface area contributed by atoms with Gasteiger partial charge in [-0.1, -0.05) is 0 Å². The molecule has 1 aromatic heterocycles. The zero-order valence-corrected chi connectivity index (χ0v) is 16.2. The van der Waals surface area contributed by atoms with Crippen molar-refractivity contribution < 1.29 is 38.9 Å². The van der Waals surface area contributed by atoms with Crippen LogP contribution < -0.4 is 0 Å². The minimum atomic E-state index is -0.896. The number of H-pyrrole nitrogens is 1. The number of hydrogen-bond donors (Lipinski definition) is 1. The van der Waals surface area contributed by atoms with E-state index < -0.39 is 28.0 Å². The third-order valence-corrected chi connectivity index (χ3v) is 3.75. The largest absolute Gasteiger partial charge is 0.466 e. The van der Waals surface area contributed by atoms with Crippen LogP contribution in [0.5, 0.6) is 0 Å². The highest BCUT2D eigenvalue weighted by molar-refractivity contribution is 5.80. The van der Waals surface area contributed by atoms with E-state index >= 15 is 0 Å². The summed E-state index contributed by atoms with van der Waals surface area (Å²) in [6.07, 6.45) is 4.36. The number of unbranched alkanes of at least 4 members (excludes halogenated alkanes) is 2. The lowest BCUT2D eigenvalue weighted by Gasteiger charge is -2.15. The SMILES string of the molecule is O=C(CC(Cc1cnc[nH]1)C(=O)OCCCCO[N+](=O)[O-])OCCCCO[N+](=O)[O-]. The summed E-state index contributed by atoms with van der Waals surface area (Å²) in [6, 6.07) is 0. The molecule has 0 fully saturated rings. The van der Waals surface area contributed by atoms with Gasteiger partial charge in [0.25, 0.3) is 10.2 Å². The number of carbonyl (C=O) groups is 2. The summed E-state index contributed by atoms with van der Waals surface area (Å²) in [5.41, 5.74) is 0.640. The average molecular weight is 432 g/mol. The van der Waals surface area contributed by atoms with Gasteiger partial charge in [-0.15, -0.1) is 20.2 Å². The second-order valence-corrected chi connectivity index (χ2v) is 6.10. The topological polar surface area (TPSA) is 186 Å². The number of aromatic nitrogens is 2. The zero-order chi connectivity index (χ0) is 22.2. The van der Waals surface area contributed by atoms with Gasteiger partial charge in [0, 0.05) is 18.3 Å². The van der Waals surface area contributed by atoms with E-state index in [-0.39, 0.29) is 39.3 Å². The maximum atomic E-state index is 12.3. The van der Waals surface area contributed by atoms with Crippen LogP contribution in [0.15, 0.2) is 12.5 Å². The van der Waals surface area contributed by atoms with E-state index in [1.54, 1.807) is 0 Å². The molecule has 1 N–H and O–H groups in total. The Morgan fingerprint density at radius 2 is 1.53 bits per heavy atom. The van der Waals surface area contributed by atoms with Gasteiger partial charge in [0.1, 0.15) is 0 Å². The van der Waals surface area contributed by atoms with Crippen LogP contribution in [-0.2, 0) is 35.2 Å². The van der Waals surface area contributed by atoms with E-state index in [9.17, 15) is 29.8 Å². The molecule has 1 aromatic rings. The van der Waals surface area contributed by atoms with Crippen molar-refractivity contribution in [2.45, 2.75) is 38.5 Å². The Morgan fingerprint density at radius 1 is 0.967 bits per heavy atom. The first kappa shape index (κ1) is 24.6. The molecule has 14 nitrogen and oxygen atoms in total. The third-order valence-electron chi connectivity index (χ3n) is 3.75. The van der Waals surface area contributed by atoms with E-state index in [0.29, 0.717) is 31.4 Å². The Hall–Kier alpha value is -3.45. The highest BCUT2D eigenvalue weighted by atomic mass is 17.0. The molecule has 0 spiro atoms. The Morgan fingerprint density at radius 3 is 2.07 bits per heavy atom. The van der Waals surface area contributed by atoms with Crippen LogP contribution in [-0.4, -0.2) is 58.5 Å².